The Hall–Kier alpha value is -2.54. The quantitative estimate of drug-likeness (QED) is 0.467. The highest BCUT2D eigenvalue weighted by molar-refractivity contribution is 7.99. The van der Waals surface area contributed by atoms with Crippen LogP contribution in [0.1, 0.15) is 17.8 Å². The van der Waals surface area contributed by atoms with E-state index in [1.54, 1.807) is 0 Å². The number of halogens is 6. The van der Waals surface area contributed by atoms with Crippen LogP contribution in [0.15, 0.2) is 34.6 Å². The van der Waals surface area contributed by atoms with Crippen molar-refractivity contribution in [3.63, 3.8) is 0 Å². The van der Waals surface area contributed by atoms with Crippen LogP contribution in [0, 0.1) is 0 Å². The summed E-state index contributed by atoms with van der Waals surface area (Å²) >= 11 is 6.67. The van der Waals surface area contributed by atoms with Crippen molar-refractivity contribution in [2.24, 2.45) is 0 Å². The number of pyridine rings is 1. The van der Waals surface area contributed by atoms with Crippen LogP contribution < -0.4 is 0 Å². The number of hydrogen-bond acceptors (Lipinski definition) is 6. The van der Waals surface area contributed by atoms with Crippen molar-refractivity contribution in [1.29, 1.82) is 0 Å². The Kier molecular flexibility index (Phi) is 4.14. The summed E-state index contributed by atoms with van der Waals surface area (Å²) in [6.07, 6.45) is -6.71. The molecule has 0 aliphatic carbocycles. The molecule has 0 saturated carbocycles. The van der Waals surface area contributed by atoms with E-state index in [4.69, 9.17) is 11.6 Å². The number of hydrogen-bond donors (Lipinski definition) is 0. The SMILES string of the molecule is FC(F)c1nnc2ccc(Sc3nnc4c(Cl)cc(C(F)(F)F)cn34)nn12. The summed E-state index contributed by atoms with van der Waals surface area (Å²) in [4.78, 5) is 0. The van der Waals surface area contributed by atoms with E-state index >= 15 is 0 Å². The van der Waals surface area contributed by atoms with Crippen molar-refractivity contribution in [1.82, 2.24) is 34.4 Å². The second-order valence-corrected chi connectivity index (χ2v) is 6.55. The largest absolute Gasteiger partial charge is 0.417 e. The van der Waals surface area contributed by atoms with Gasteiger partial charge in [-0.05, 0) is 30.0 Å². The van der Waals surface area contributed by atoms with Gasteiger partial charge in [0.1, 0.15) is 5.03 Å². The Labute approximate surface area is 155 Å². The third kappa shape index (κ3) is 3.16. The third-order valence-corrected chi connectivity index (χ3v) is 4.58. The molecular weight excluding hydrogens is 417 g/mol. The van der Waals surface area contributed by atoms with E-state index in [1.165, 1.54) is 12.1 Å². The van der Waals surface area contributed by atoms with Gasteiger partial charge in [0.15, 0.2) is 11.3 Å². The van der Waals surface area contributed by atoms with Gasteiger partial charge < -0.3 is 0 Å². The molecule has 0 N–H and O–H groups in total. The molecule has 0 amide bonds. The maximum absolute atomic E-state index is 13.0. The third-order valence-electron chi connectivity index (χ3n) is 3.41. The molecule has 7 nitrogen and oxygen atoms in total. The van der Waals surface area contributed by atoms with Crippen molar-refractivity contribution >= 4 is 34.7 Å². The zero-order valence-electron chi connectivity index (χ0n) is 12.7. The molecule has 0 atom stereocenters. The van der Waals surface area contributed by atoms with E-state index in [0.29, 0.717) is 0 Å². The zero-order chi connectivity index (χ0) is 19.3. The molecule has 140 valence electrons. The lowest BCUT2D eigenvalue weighted by Crippen LogP contribution is -2.07. The van der Waals surface area contributed by atoms with Crippen LogP contribution in [0.2, 0.25) is 5.02 Å². The monoisotopic (exact) mass is 421 g/mol. The Morgan fingerprint density at radius 1 is 1.07 bits per heavy atom. The highest BCUT2D eigenvalue weighted by Crippen LogP contribution is 2.34. The zero-order valence-corrected chi connectivity index (χ0v) is 14.3. The second-order valence-electron chi connectivity index (χ2n) is 5.15. The van der Waals surface area contributed by atoms with Crippen LogP contribution in [0.25, 0.3) is 11.3 Å². The topological polar surface area (TPSA) is 73.3 Å². The minimum absolute atomic E-state index is 0.0193. The van der Waals surface area contributed by atoms with E-state index in [2.05, 4.69) is 25.5 Å². The average Bonchev–Trinajstić information content (AvgIpc) is 3.18. The van der Waals surface area contributed by atoms with E-state index < -0.39 is 24.0 Å². The number of alkyl halides is 5. The van der Waals surface area contributed by atoms with Crippen molar-refractivity contribution in [3.05, 3.63) is 40.8 Å². The minimum Gasteiger partial charge on any atom is -0.275 e. The highest BCUT2D eigenvalue weighted by atomic mass is 35.5. The van der Waals surface area contributed by atoms with Gasteiger partial charge in [0.2, 0.25) is 11.0 Å². The number of nitrogens with zero attached hydrogens (tertiary/aromatic N) is 7. The Morgan fingerprint density at radius 3 is 2.56 bits per heavy atom. The van der Waals surface area contributed by atoms with Gasteiger partial charge in [0.05, 0.1) is 10.6 Å². The van der Waals surface area contributed by atoms with E-state index in [1.807, 2.05) is 0 Å². The van der Waals surface area contributed by atoms with Crippen molar-refractivity contribution in [3.8, 4) is 0 Å². The summed E-state index contributed by atoms with van der Waals surface area (Å²) < 4.78 is 66.8. The van der Waals surface area contributed by atoms with Crippen LogP contribution in [-0.2, 0) is 6.18 Å². The molecule has 0 saturated heterocycles. The summed E-state index contributed by atoms with van der Waals surface area (Å²) in [7, 11) is 0. The first-order valence-electron chi connectivity index (χ1n) is 7.04. The smallest absolute Gasteiger partial charge is 0.275 e. The van der Waals surface area contributed by atoms with Crippen LogP contribution in [-0.4, -0.2) is 34.4 Å². The van der Waals surface area contributed by atoms with Crippen LogP contribution in [0.3, 0.4) is 0 Å². The van der Waals surface area contributed by atoms with Gasteiger partial charge in [-0.2, -0.15) is 22.8 Å². The van der Waals surface area contributed by atoms with Gasteiger partial charge in [-0.15, -0.1) is 20.4 Å². The van der Waals surface area contributed by atoms with Crippen molar-refractivity contribution in [2.75, 3.05) is 0 Å². The van der Waals surface area contributed by atoms with Gasteiger partial charge in [0.25, 0.3) is 6.43 Å². The normalized spacial score (nSPS) is 12.6. The molecule has 0 unspecified atom stereocenters. The molecule has 4 heterocycles. The molecule has 0 radical (unpaired) electrons. The number of aromatic nitrogens is 7. The molecule has 0 spiro atoms. The Morgan fingerprint density at radius 2 is 1.85 bits per heavy atom. The molecule has 27 heavy (non-hydrogen) atoms. The van der Waals surface area contributed by atoms with Gasteiger partial charge >= 0.3 is 6.18 Å². The van der Waals surface area contributed by atoms with Crippen molar-refractivity contribution in [2.45, 2.75) is 22.8 Å². The Balaban J connectivity index is 1.78. The molecule has 4 rings (SSSR count). The fourth-order valence-corrected chi connectivity index (χ4v) is 3.24. The summed E-state index contributed by atoms with van der Waals surface area (Å²) in [6, 6.07) is 3.59. The summed E-state index contributed by atoms with van der Waals surface area (Å²) in [5.74, 6) is -0.652. The maximum Gasteiger partial charge on any atom is 0.417 e. The number of fused-ring (bicyclic) bond motifs is 2. The summed E-state index contributed by atoms with van der Waals surface area (Å²) in [5.41, 5.74) is -0.863. The molecule has 0 aliphatic rings. The van der Waals surface area contributed by atoms with E-state index in [-0.39, 0.29) is 26.5 Å². The molecule has 4 aromatic rings. The fourth-order valence-electron chi connectivity index (χ4n) is 2.23. The van der Waals surface area contributed by atoms with Crippen LogP contribution in [0.5, 0.6) is 0 Å². The lowest BCUT2D eigenvalue weighted by molar-refractivity contribution is -0.137. The summed E-state index contributed by atoms with van der Waals surface area (Å²) in [5, 5.41) is 18.4. The molecule has 0 aliphatic heterocycles. The molecular formula is C13H5ClF5N7S. The summed E-state index contributed by atoms with van der Waals surface area (Å²) in [6.45, 7) is 0. The lowest BCUT2D eigenvalue weighted by atomic mass is 10.3. The lowest BCUT2D eigenvalue weighted by Gasteiger charge is -2.08. The van der Waals surface area contributed by atoms with Gasteiger partial charge in [-0.3, -0.25) is 4.40 Å². The van der Waals surface area contributed by atoms with Gasteiger partial charge in [0, 0.05) is 6.20 Å². The second kappa shape index (κ2) is 6.27. The predicted octanol–water partition coefficient (Wildman–Crippen LogP) is 3.93. The van der Waals surface area contributed by atoms with Crippen molar-refractivity contribution < 1.29 is 22.0 Å². The van der Waals surface area contributed by atoms with Gasteiger partial charge in [-0.1, -0.05) is 11.6 Å². The molecule has 0 aromatic carbocycles. The molecule has 4 aromatic heterocycles. The van der Waals surface area contributed by atoms with Crippen LogP contribution in [0.4, 0.5) is 22.0 Å². The number of rotatable bonds is 3. The van der Waals surface area contributed by atoms with Crippen LogP contribution >= 0.6 is 23.4 Å². The minimum atomic E-state index is -4.62. The van der Waals surface area contributed by atoms with E-state index in [0.717, 1.165) is 32.9 Å². The van der Waals surface area contributed by atoms with Gasteiger partial charge in [-0.25, -0.2) is 8.78 Å². The molecule has 0 fully saturated rings. The first kappa shape index (κ1) is 17.9. The standard InChI is InChI=1S/C13H5ClF5N7S/c14-6-3-5(13(17,18)19)4-25-10(6)21-23-12(25)27-8-2-1-7-20-22-11(9(15)16)26(7)24-8/h1-4,9H. The first-order chi connectivity index (χ1) is 12.7. The fraction of sp³-hybridized carbons (Fsp3) is 0.154. The average molecular weight is 422 g/mol. The highest BCUT2D eigenvalue weighted by Gasteiger charge is 2.32. The predicted molar refractivity (Wildman–Crippen MR) is 82.9 cm³/mol. The first-order valence-corrected chi connectivity index (χ1v) is 8.23. The maximum atomic E-state index is 13.0. The molecule has 0 bridgehead atoms. The van der Waals surface area contributed by atoms with E-state index in [9.17, 15) is 22.0 Å². The molecule has 14 heteroatoms. The Bertz CT molecular complexity index is 1160.